The van der Waals surface area contributed by atoms with Crippen LogP contribution in [0.1, 0.15) is 42.9 Å². The number of aliphatic hydroxyl groups is 2. The molecule has 0 amide bonds. The third-order valence-corrected chi connectivity index (χ3v) is 11.4. The summed E-state index contributed by atoms with van der Waals surface area (Å²) in [5.74, 6) is 3.83. The smallest absolute Gasteiger partial charge is 0.228 e. The Morgan fingerprint density at radius 1 is 0.857 bits per heavy atom. The molecule has 3 aromatic rings. The highest BCUT2D eigenvalue weighted by Gasteiger charge is 2.45. The summed E-state index contributed by atoms with van der Waals surface area (Å²) in [5.41, 5.74) is 1.01. The molecule has 0 bridgehead atoms. The van der Waals surface area contributed by atoms with E-state index in [1.54, 1.807) is 6.33 Å². The van der Waals surface area contributed by atoms with E-state index in [2.05, 4.69) is 40.7 Å². The van der Waals surface area contributed by atoms with Crippen LogP contribution in [0.5, 0.6) is 0 Å². The maximum Gasteiger partial charge on any atom is 0.228 e. The normalized spacial score (nSPS) is 23.7. The Morgan fingerprint density at radius 2 is 1.45 bits per heavy atom. The third kappa shape index (κ3) is 5.27. The molecule has 3 aliphatic heterocycles. The van der Waals surface area contributed by atoms with E-state index in [1.165, 1.54) is 0 Å². The van der Waals surface area contributed by atoms with Crippen molar-refractivity contribution >= 4 is 50.8 Å². The second-order valence-electron chi connectivity index (χ2n) is 11.4. The number of aryl methyl sites for hydroxylation is 2. The average molecular weight is 635 g/mol. The molecule has 2 aliphatic carbocycles. The van der Waals surface area contributed by atoms with E-state index in [4.69, 9.17) is 16.6 Å². The molecule has 2 fully saturated rings. The number of nitrogens with one attached hydrogen (secondary N) is 2. The Kier molecular flexibility index (Phi) is 7.16. The summed E-state index contributed by atoms with van der Waals surface area (Å²) < 4.78 is 26.3. The largest absolute Gasteiger partial charge is 0.394 e. The van der Waals surface area contributed by atoms with Crippen LogP contribution in [0, 0.1) is 0 Å². The van der Waals surface area contributed by atoms with Gasteiger partial charge in [-0.05, 0) is 37.3 Å². The molecule has 14 nitrogen and oxygen atoms in total. The lowest BCUT2D eigenvalue weighted by Gasteiger charge is -2.28. The highest BCUT2D eigenvalue weighted by Crippen LogP contribution is 2.42. The lowest BCUT2D eigenvalue weighted by molar-refractivity contribution is 0.265. The molecule has 42 heavy (non-hydrogen) atoms. The van der Waals surface area contributed by atoms with Gasteiger partial charge in [0.1, 0.15) is 27.8 Å². The van der Waals surface area contributed by atoms with Crippen molar-refractivity contribution in [3.63, 3.8) is 0 Å². The Hall–Kier alpha value is -2.79. The summed E-state index contributed by atoms with van der Waals surface area (Å²) in [5, 5.41) is 33.7. The maximum absolute atomic E-state index is 12.4. The van der Waals surface area contributed by atoms with E-state index in [0.29, 0.717) is 58.3 Å². The molecule has 0 radical (unpaired) electrons. The van der Waals surface area contributed by atoms with Crippen molar-refractivity contribution in [3.8, 4) is 0 Å². The van der Waals surface area contributed by atoms with Crippen LogP contribution < -0.4 is 15.5 Å². The molecule has 224 valence electrons. The first-order valence-electron chi connectivity index (χ1n) is 13.9. The van der Waals surface area contributed by atoms with E-state index in [0.717, 1.165) is 56.0 Å². The van der Waals surface area contributed by atoms with Gasteiger partial charge in [0.05, 0.1) is 63.8 Å². The summed E-state index contributed by atoms with van der Waals surface area (Å²) in [6.07, 6.45) is 6.70. The van der Waals surface area contributed by atoms with Crippen LogP contribution in [-0.2, 0) is 47.5 Å². The summed E-state index contributed by atoms with van der Waals surface area (Å²) in [6.45, 7) is 2.28. The zero-order valence-corrected chi connectivity index (χ0v) is 25.1. The molecule has 4 N–H and O–H groups in total. The van der Waals surface area contributed by atoms with Gasteiger partial charge >= 0.3 is 0 Å². The molecule has 0 saturated heterocycles. The summed E-state index contributed by atoms with van der Waals surface area (Å²) in [4.78, 5) is 21.0. The van der Waals surface area contributed by atoms with Gasteiger partial charge in [0, 0.05) is 37.4 Å². The molecule has 2 unspecified atom stereocenters. The number of hydrogen-bond donors (Lipinski definition) is 4. The van der Waals surface area contributed by atoms with Gasteiger partial charge in [0.15, 0.2) is 5.82 Å². The lowest BCUT2D eigenvalue weighted by Crippen LogP contribution is -2.35. The number of aromatic nitrogens is 7. The third-order valence-electron chi connectivity index (χ3n) is 8.34. The molecule has 17 heteroatoms. The van der Waals surface area contributed by atoms with Crippen LogP contribution in [0.2, 0.25) is 5.28 Å². The number of hydrogen-bond acceptors (Lipinski definition) is 13. The lowest BCUT2D eigenvalue weighted by atomic mass is 10.2. The first kappa shape index (κ1) is 28.0. The van der Waals surface area contributed by atoms with Crippen LogP contribution >= 0.6 is 11.6 Å². The van der Waals surface area contributed by atoms with E-state index >= 15 is 0 Å². The van der Waals surface area contributed by atoms with Crippen molar-refractivity contribution in [2.45, 2.75) is 72.5 Å². The molecule has 2 atom stereocenters. The minimum atomic E-state index is -1.08. The molecule has 8 rings (SSSR count). The SMILES string of the molecule is O=S1CCc2nc(Cl)nc(NC3(CO)CC3)c21.O=S1CCc2nc(N3CCn4cnnc4C3)nc(NC3(CO)CC3)c21. The van der Waals surface area contributed by atoms with Crippen LogP contribution in [0.15, 0.2) is 16.1 Å². The van der Waals surface area contributed by atoms with E-state index in [1.807, 2.05) is 4.57 Å². The van der Waals surface area contributed by atoms with Crippen LogP contribution in [-0.4, -0.2) is 95.7 Å². The number of aliphatic hydroxyl groups excluding tert-OH is 2. The summed E-state index contributed by atoms with van der Waals surface area (Å²) in [7, 11) is -2.13. The first-order chi connectivity index (χ1) is 20.3. The van der Waals surface area contributed by atoms with Crippen molar-refractivity contribution in [2.75, 3.05) is 46.8 Å². The van der Waals surface area contributed by atoms with Crippen molar-refractivity contribution in [3.05, 3.63) is 28.8 Å². The van der Waals surface area contributed by atoms with Crippen LogP contribution in [0.25, 0.3) is 0 Å². The summed E-state index contributed by atoms with van der Waals surface area (Å²) in [6, 6.07) is 0. The van der Waals surface area contributed by atoms with E-state index in [9.17, 15) is 18.6 Å². The Labute approximate surface area is 251 Å². The highest BCUT2D eigenvalue weighted by atomic mass is 35.5. The fourth-order valence-corrected chi connectivity index (χ4v) is 8.15. The Balaban J connectivity index is 0.000000148. The second kappa shape index (κ2) is 10.7. The van der Waals surface area contributed by atoms with Crippen molar-refractivity contribution in [1.29, 1.82) is 0 Å². The number of rotatable bonds is 7. The number of anilines is 3. The predicted molar refractivity (Wildman–Crippen MR) is 155 cm³/mol. The van der Waals surface area contributed by atoms with Crippen LogP contribution in [0.3, 0.4) is 0 Å². The number of nitrogens with zero attached hydrogens (tertiary/aromatic N) is 8. The van der Waals surface area contributed by atoms with Gasteiger partial charge in [0.25, 0.3) is 0 Å². The molecule has 0 spiro atoms. The van der Waals surface area contributed by atoms with Crippen LogP contribution in [0.4, 0.5) is 17.6 Å². The fourth-order valence-electron chi connectivity index (χ4n) is 5.35. The minimum absolute atomic E-state index is 0.0516. The van der Waals surface area contributed by atoms with Gasteiger partial charge in [0.2, 0.25) is 11.2 Å². The van der Waals surface area contributed by atoms with Gasteiger partial charge in [-0.1, -0.05) is 0 Å². The van der Waals surface area contributed by atoms with Crippen molar-refractivity contribution < 1.29 is 18.6 Å². The number of halogens is 1. The molecule has 2 saturated carbocycles. The minimum Gasteiger partial charge on any atom is -0.394 e. The van der Waals surface area contributed by atoms with Crippen molar-refractivity contribution in [1.82, 2.24) is 34.7 Å². The van der Waals surface area contributed by atoms with Gasteiger partial charge in [-0.25, -0.2) is 9.97 Å². The van der Waals surface area contributed by atoms with Gasteiger partial charge in [-0.2, -0.15) is 9.97 Å². The average Bonchev–Trinajstić information content (AvgIpc) is 3.78. The maximum atomic E-state index is 12.4. The van der Waals surface area contributed by atoms with E-state index < -0.39 is 21.6 Å². The zero-order valence-electron chi connectivity index (χ0n) is 22.8. The summed E-state index contributed by atoms with van der Waals surface area (Å²) >= 11 is 5.85. The molecule has 3 aromatic heterocycles. The quantitative estimate of drug-likeness (QED) is 0.262. The predicted octanol–water partition coefficient (Wildman–Crippen LogP) is 0.419. The van der Waals surface area contributed by atoms with E-state index in [-0.39, 0.29) is 29.6 Å². The standard InChI is InChI=1S/C15H19N7O2S.C10H12ClN3O2S/c23-8-15(2-3-15)19-13-12-10(1-6-25(12)24)17-14(18-13)21-4-5-22-9-16-20-11(22)7-21;11-9-12-6-1-4-17(16)7(6)8(13-9)14-10(5-15)2-3-10/h9,23H,1-8H2,(H,17,18,19);15H,1-5H2,(H,12,13,14). The monoisotopic (exact) mass is 634 g/mol. The topological polar surface area (TPSA) is 184 Å². The molecule has 0 aromatic carbocycles. The van der Waals surface area contributed by atoms with Gasteiger partial charge in [-0.15, -0.1) is 10.2 Å². The Morgan fingerprint density at radius 3 is 2.05 bits per heavy atom. The highest BCUT2D eigenvalue weighted by molar-refractivity contribution is 7.85. The second-order valence-corrected chi connectivity index (χ2v) is 14.7. The zero-order chi connectivity index (χ0) is 29.1. The molecule has 6 heterocycles. The molecule has 5 aliphatic rings. The van der Waals surface area contributed by atoms with Gasteiger partial charge < -0.3 is 30.3 Å². The van der Waals surface area contributed by atoms with Gasteiger partial charge in [-0.3, -0.25) is 8.42 Å². The number of fused-ring (bicyclic) bond motifs is 3. The molecular formula is C25H31ClN10O4S2. The Bertz CT molecular complexity index is 1600. The fraction of sp³-hybridized carbons (Fsp3) is 0.600. The van der Waals surface area contributed by atoms with Crippen molar-refractivity contribution in [2.24, 2.45) is 0 Å². The first-order valence-corrected chi connectivity index (χ1v) is 17.0. The molecular weight excluding hydrogens is 604 g/mol.